The number of anilines is 1. The first-order valence-electron chi connectivity index (χ1n) is 8.26. The summed E-state index contributed by atoms with van der Waals surface area (Å²) in [6.07, 6.45) is 0. The van der Waals surface area contributed by atoms with E-state index in [-0.39, 0.29) is 4.90 Å². The van der Waals surface area contributed by atoms with E-state index < -0.39 is 10.0 Å². The number of nitrogens with one attached hydrogen (secondary N) is 2. The fourth-order valence-electron chi connectivity index (χ4n) is 2.87. The fraction of sp³-hybridized carbons (Fsp3) is 0.0500. The van der Waals surface area contributed by atoms with Gasteiger partial charge < -0.3 is 0 Å². The first kappa shape index (κ1) is 17.6. The van der Waals surface area contributed by atoms with Crippen molar-refractivity contribution in [1.82, 2.24) is 10.2 Å². The van der Waals surface area contributed by atoms with Crippen LogP contribution in [0.4, 0.5) is 5.69 Å². The molecule has 3 aromatic carbocycles. The van der Waals surface area contributed by atoms with Gasteiger partial charge in [0, 0.05) is 10.9 Å². The highest BCUT2D eigenvalue weighted by Gasteiger charge is 2.16. The third kappa shape index (κ3) is 3.41. The molecule has 0 spiro atoms. The lowest BCUT2D eigenvalue weighted by Crippen LogP contribution is -2.12. The van der Waals surface area contributed by atoms with E-state index in [0.29, 0.717) is 16.2 Å². The van der Waals surface area contributed by atoms with Crippen molar-refractivity contribution in [3.05, 3.63) is 77.3 Å². The highest BCUT2D eigenvalue weighted by Crippen LogP contribution is 2.32. The molecule has 5 nitrogen and oxygen atoms in total. The van der Waals surface area contributed by atoms with Crippen molar-refractivity contribution in [3.63, 3.8) is 0 Å². The lowest BCUT2D eigenvalue weighted by Gasteiger charge is -2.08. The molecule has 0 radical (unpaired) electrons. The molecule has 0 bridgehead atoms. The average molecular weight is 398 g/mol. The van der Waals surface area contributed by atoms with Gasteiger partial charge in [-0.05, 0) is 43.3 Å². The van der Waals surface area contributed by atoms with Crippen molar-refractivity contribution in [2.45, 2.75) is 11.8 Å². The Morgan fingerprint density at radius 1 is 1.00 bits per heavy atom. The summed E-state index contributed by atoms with van der Waals surface area (Å²) in [6.45, 7) is 1.91. The summed E-state index contributed by atoms with van der Waals surface area (Å²) in [6, 6.07) is 19.4. The molecule has 0 saturated heterocycles. The summed E-state index contributed by atoms with van der Waals surface area (Å²) in [5, 5.41) is 8.76. The number of halogens is 1. The van der Waals surface area contributed by atoms with Gasteiger partial charge in [0.25, 0.3) is 10.0 Å². The molecule has 7 heteroatoms. The Bertz CT molecular complexity index is 1230. The second-order valence-electron chi connectivity index (χ2n) is 6.23. The number of aromatic nitrogens is 2. The zero-order valence-corrected chi connectivity index (χ0v) is 16.0. The number of rotatable bonds is 4. The summed E-state index contributed by atoms with van der Waals surface area (Å²) in [5.74, 6) is 0. The minimum Gasteiger partial charge on any atom is -0.280 e. The van der Waals surface area contributed by atoms with Gasteiger partial charge in [-0.3, -0.25) is 9.82 Å². The molecule has 0 saturated carbocycles. The largest absolute Gasteiger partial charge is 0.280 e. The van der Waals surface area contributed by atoms with Crippen LogP contribution in [0.5, 0.6) is 0 Å². The Kier molecular flexibility index (Phi) is 4.37. The summed E-state index contributed by atoms with van der Waals surface area (Å²) in [4.78, 5) is 0.217. The van der Waals surface area contributed by atoms with E-state index >= 15 is 0 Å². The summed E-state index contributed by atoms with van der Waals surface area (Å²) < 4.78 is 27.7. The van der Waals surface area contributed by atoms with Crippen LogP contribution in [0.3, 0.4) is 0 Å². The van der Waals surface area contributed by atoms with Crippen molar-refractivity contribution in [2.75, 3.05) is 4.72 Å². The molecule has 1 heterocycles. The van der Waals surface area contributed by atoms with Gasteiger partial charge in [-0.15, -0.1) is 0 Å². The Labute approximate surface area is 162 Å². The van der Waals surface area contributed by atoms with Crippen LogP contribution in [0, 0.1) is 6.92 Å². The maximum Gasteiger partial charge on any atom is 0.261 e. The van der Waals surface area contributed by atoms with E-state index in [1.165, 1.54) is 0 Å². The Morgan fingerprint density at radius 3 is 2.48 bits per heavy atom. The van der Waals surface area contributed by atoms with E-state index in [1.807, 2.05) is 37.3 Å². The van der Waals surface area contributed by atoms with Crippen molar-refractivity contribution in [1.29, 1.82) is 0 Å². The lowest BCUT2D eigenvalue weighted by atomic mass is 10.1. The molecule has 1 aromatic heterocycles. The lowest BCUT2D eigenvalue weighted by molar-refractivity contribution is 0.601. The second-order valence-corrected chi connectivity index (χ2v) is 8.32. The van der Waals surface area contributed by atoms with Gasteiger partial charge >= 0.3 is 0 Å². The molecule has 0 aliphatic carbocycles. The fourth-order valence-corrected chi connectivity index (χ4v) is 4.15. The van der Waals surface area contributed by atoms with Crippen LogP contribution in [0.15, 0.2) is 71.6 Å². The van der Waals surface area contributed by atoms with Crippen molar-refractivity contribution < 1.29 is 8.42 Å². The minimum absolute atomic E-state index is 0.217. The number of fused-ring (bicyclic) bond motifs is 1. The Hall–Kier alpha value is -2.83. The van der Waals surface area contributed by atoms with Crippen LogP contribution >= 0.6 is 11.6 Å². The Morgan fingerprint density at radius 2 is 1.74 bits per heavy atom. The standard InChI is InChI=1S/C20H16ClN3O2S/c1-13-6-9-15(10-7-13)27(25,26)24-14-8-11-17-19(12-14)22-23-20(17)16-4-2-3-5-18(16)21/h2-12,24H,1H3,(H,22,23). The number of aryl methyl sites for hydroxylation is 1. The molecule has 0 unspecified atom stereocenters. The maximum atomic E-state index is 12.6. The summed E-state index contributed by atoms with van der Waals surface area (Å²) >= 11 is 6.27. The maximum absolute atomic E-state index is 12.6. The number of sulfonamides is 1. The van der Waals surface area contributed by atoms with E-state index in [2.05, 4.69) is 14.9 Å². The number of hydrogen-bond acceptors (Lipinski definition) is 3. The zero-order valence-electron chi connectivity index (χ0n) is 14.4. The molecule has 4 rings (SSSR count). The van der Waals surface area contributed by atoms with Crippen LogP contribution in [0.1, 0.15) is 5.56 Å². The van der Waals surface area contributed by atoms with Gasteiger partial charge in [0.1, 0.15) is 5.69 Å². The zero-order chi connectivity index (χ0) is 19.0. The summed E-state index contributed by atoms with van der Waals surface area (Å²) in [5.41, 5.74) is 3.72. The first-order chi connectivity index (χ1) is 12.9. The van der Waals surface area contributed by atoms with Crippen LogP contribution in [-0.2, 0) is 10.0 Å². The van der Waals surface area contributed by atoms with E-state index in [0.717, 1.165) is 22.2 Å². The van der Waals surface area contributed by atoms with Crippen molar-refractivity contribution in [2.24, 2.45) is 0 Å². The number of benzene rings is 3. The molecule has 0 aliphatic rings. The van der Waals surface area contributed by atoms with E-state index in [1.54, 1.807) is 36.4 Å². The first-order valence-corrected chi connectivity index (χ1v) is 10.1. The van der Waals surface area contributed by atoms with Crippen molar-refractivity contribution >= 4 is 38.2 Å². The van der Waals surface area contributed by atoms with Crippen LogP contribution in [-0.4, -0.2) is 18.6 Å². The molecule has 136 valence electrons. The average Bonchev–Trinajstić information content (AvgIpc) is 3.05. The van der Waals surface area contributed by atoms with Gasteiger partial charge in [-0.1, -0.05) is 47.5 Å². The van der Waals surface area contributed by atoms with Crippen molar-refractivity contribution in [3.8, 4) is 11.3 Å². The van der Waals surface area contributed by atoms with E-state index in [4.69, 9.17) is 11.6 Å². The molecule has 0 amide bonds. The van der Waals surface area contributed by atoms with Crippen LogP contribution in [0.25, 0.3) is 22.2 Å². The van der Waals surface area contributed by atoms with Gasteiger partial charge in [-0.2, -0.15) is 5.10 Å². The SMILES string of the molecule is Cc1ccc(S(=O)(=O)Nc2ccc3c(-c4ccccc4Cl)n[nH]c3c2)cc1. The predicted molar refractivity (Wildman–Crippen MR) is 109 cm³/mol. The van der Waals surface area contributed by atoms with Crippen LogP contribution in [0.2, 0.25) is 5.02 Å². The minimum atomic E-state index is -3.66. The smallest absolute Gasteiger partial charge is 0.261 e. The number of H-pyrrole nitrogens is 1. The van der Waals surface area contributed by atoms with Gasteiger partial charge in [0.05, 0.1) is 21.1 Å². The molecule has 2 N–H and O–H groups in total. The summed E-state index contributed by atoms with van der Waals surface area (Å²) in [7, 11) is -3.66. The molecular formula is C20H16ClN3O2S. The van der Waals surface area contributed by atoms with Gasteiger partial charge in [0.15, 0.2) is 0 Å². The normalized spacial score (nSPS) is 11.6. The third-order valence-electron chi connectivity index (χ3n) is 4.28. The van der Waals surface area contributed by atoms with Gasteiger partial charge in [-0.25, -0.2) is 8.42 Å². The second kappa shape index (κ2) is 6.72. The molecule has 27 heavy (non-hydrogen) atoms. The number of aromatic amines is 1. The molecule has 0 atom stereocenters. The van der Waals surface area contributed by atoms with Gasteiger partial charge in [0.2, 0.25) is 0 Å². The quantitative estimate of drug-likeness (QED) is 0.509. The van der Waals surface area contributed by atoms with Crippen LogP contribution < -0.4 is 4.72 Å². The molecule has 4 aromatic rings. The van der Waals surface area contributed by atoms with E-state index in [9.17, 15) is 8.42 Å². The third-order valence-corrected chi connectivity index (χ3v) is 6.00. The highest BCUT2D eigenvalue weighted by molar-refractivity contribution is 7.92. The molecular weight excluding hydrogens is 382 g/mol. The Balaban J connectivity index is 1.69. The highest BCUT2D eigenvalue weighted by atomic mass is 35.5. The number of nitrogens with zero attached hydrogens (tertiary/aromatic N) is 1. The number of hydrogen-bond donors (Lipinski definition) is 2. The monoisotopic (exact) mass is 397 g/mol. The predicted octanol–water partition coefficient (Wildman–Crippen LogP) is 4.99. The molecule has 0 fully saturated rings. The topological polar surface area (TPSA) is 74.8 Å². The molecule has 0 aliphatic heterocycles.